The minimum absolute atomic E-state index is 0.0218. The standard InChI is InChI=1S/C18H29NO5/c1-11(2)7-8-13-18(4,24-13)15-14(22-6)12(23-16(20)19-5)9-10-17(15,3)21/h7,12-15,21H,5,8-10H2,1-4,6H3/t12-,13-,14-,15+,17-,18+/m1/s1. The zero-order chi connectivity index (χ0) is 18.1. The molecule has 0 aromatic heterocycles. The molecule has 1 saturated heterocycles. The van der Waals surface area contributed by atoms with E-state index in [1.54, 1.807) is 14.0 Å². The molecule has 1 aliphatic heterocycles. The molecule has 136 valence electrons. The molecular weight excluding hydrogens is 310 g/mol. The van der Waals surface area contributed by atoms with Crippen LogP contribution in [0, 0.1) is 5.92 Å². The van der Waals surface area contributed by atoms with Crippen LogP contribution in [0.4, 0.5) is 4.79 Å². The highest BCUT2D eigenvalue weighted by atomic mass is 16.6. The number of nitrogens with zero attached hydrogens (tertiary/aromatic N) is 1. The Morgan fingerprint density at radius 2 is 2.12 bits per heavy atom. The second-order valence-corrected chi connectivity index (χ2v) is 7.46. The first-order chi connectivity index (χ1) is 11.2. The number of carbonyl (C=O) groups excluding carboxylic acids is 1. The Hall–Kier alpha value is -1.24. The summed E-state index contributed by atoms with van der Waals surface area (Å²) in [7, 11) is 1.57. The molecular formula is C18H29NO5. The summed E-state index contributed by atoms with van der Waals surface area (Å²) in [5.74, 6) is -0.304. The highest BCUT2D eigenvalue weighted by molar-refractivity contribution is 5.73. The Morgan fingerprint density at radius 1 is 1.46 bits per heavy atom. The van der Waals surface area contributed by atoms with Gasteiger partial charge in [-0.25, -0.2) is 4.79 Å². The molecule has 0 aromatic carbocycles. The molecule has 1 saturated carbocycles. The Morgan fingerprint density at radius 3 is 2.67 bits per heavy atom. The van der Waals surface area contributed by atoms with E-state index in [-0.39, 0.29) is 12.0 Å². The fourth-order valence-corrected chi connectivity index (χ4v) is 4.02. The third-order valence-electron chi connectivity index (χ3n) is 5.29. The molecule has 1 amide bonds. The average Bonchev–Trinajstić information content (AvgIpc) is 3.17. The van der Waals surface area contributed by atoms with Crippen LogP contribution in [0.5, 0.6) is 0 Å². The minimum Gasteiger partial charge on any atom is -0.442 e. The molecule has 24 heavy (non-hydrogen) atoms. The molecule has 6 atom stereocenters. The number of hydrogen-bond donors (Lipinski definition) is 1. The summed E-state index contributed by atoms with van der Waals surface area (Å²) >= 11 is 0. The van der Waals surface area contributed by atoms with Gasteiger partial charge in [-0.2, -0.15) is 4.99 Å². The third-order valence-corrected chi connectivity index (χ3v) is 5.29. The van der Waals surface area contributed by atoms with Crippen LogP contribution in [0.3, 0.4) is 0 Å². The van der Waals surface area contributed by atoms with Crippen molar-refractivity contribution in [1.82, 2.24) is 0 Å². The van der Waals surface area contributed by atoms with Crippen LogP contribution < -0.4 is 0 Å². The lowest BCUT2D eigenvalue weighted by Crippen LogP contribution is -2.59. The maximum Gasteiger partial charge on any atom is 0.433 e. The molecule has 1 aliphatic carbocycles. The van der Waals surface area contributed by atoms with E-state index in [2.05, 4.69) is 17.8 Å². The van der Waals surface area contributed by atoms with Crippen molar-refractivity contribution < 1.29 is 24.1 Å². The molecule has 6 heteroatoms. The van der Waals surface area contributed by atoms with Crippen LogP contribution in [0.15, 0.2) is 16.6 Å². The third kappa shape index (κ3) is 3.71. The second kappa shape index (κ2) is 6.94. The van der Waals surface area contributed by atoms with Gasteiger partial charge in [-0.05, 0) is 53.7 Å². The van der Waals surface area contributed by atoms with Crippen LogP contribution in [0.25, 0.3) is 0 Å². The number of ether oxygens (including phenoxy) is 3. The van der Waals surface area contributed by atoms with Gasteiger partial charge in [0, 0.05) is 13.0 Å². The molecule has 0 aromatic rings. The Balaban J connectivity index is 2.21. The van der Waals surface area contributed by atoms with Crippen LogP contribution in [0.1, 0.15) is 47.0 Å². The molecule has 1 N–H and O–H groups in total. The van der Waals surface area contributed by atoms with E-state index in [0.29, 0.717) is 12.8 Å². The van der Waals surface area contributed by atoms with Crippen molar-refractivity contribution in [1.29, 1.82) is 0 Å². The highest BCUT2D eigenvalue weighted by Gasteiger charge is 2.66. The lowest BCUT2D eigenvalue weighted by molar-refractivity contribution is -0.171. The summed E-state index contributed by atoms with van der Waals surface area (Å²) in [6.07, 6.45) is 2.32. The maximum absolute atomic E-state index is 11.5. The normalized spacial score (nSPS) is 41.4. The van der Waals surface area contributed by atoms with Crippen molar-refractivity contribution in [3.05, 3.63) is 11.6 Å². The number of methoxy groups -OCH3 is 1. The van der Waals surface area contributed by atoms with E-state index in [9.17, 15) is 9.90 Å². The van der Waals surface area contributed by atoms with E-state index in [1.807, 2.05) is 20.8 Å². The first-order valence-corrected chi connectivity index (χ1v) is 8.39. The summed E-state index contributed by atoms with van der Waals surface area (Å²) in [4.78, 5) is 14.8. The average molecular weight is 339 g/mol. The molecule has 2 aliphatic rings. The largest absolute Gasteiger partial charge is 0.442 e. The SMILES string of the molecule is C=NC(=O)O[C@@H]1CC[C@@](C)(O)[C@@H]([C@@]2(C)O[C@@H]2CC=C(C)C)[C@@H]1OC. The van der Waals surface area contributed by atoms with Crippen molar-refractivity contribution in [2.24, 2.45) is 10.9 Å². The van der Waals surface area contributed by atoms with Gasteiger partial charge >= 0.3 is 6.09 Å². The fraction of sp³-hybridized carbons (Fsp3) is 0.778. The van der Waals surface area contributed by atoms with Crippen molar-refractivity contribution in [2.75, 3.05) is 7.11 Å². The Bertz CT molecular complexity index is 526. The predicted molar refractivity (Wildman–Crippen MR) is 91.3 cm³/mol. The van der Waals surface area contributed by atoms with Crippen molar-refractivity contribution >= 4 is 12.8 Å². The molecule has 0 spiro atoms. The topological polar surface area (TPSA) is 80.7 Å². The molecule has 0 unspecified atom stereocenters. The highest BCUT2D eigenvalue weighted by Crippen LogP contribution is 2.54. The summed E-state index contributed by atoms with van der Waals surface area (Å²) in [6.45, 7) is 11.1. The van der Waals surface area contributed by atoms with Gasteiger partial charge in [0.25, 0.3) is 0 Å². The lowest BCUT2D eigenvalue weighted by Gasteiger charge is -2.47. The summed E-state index contributed by atoms with van der Waals surface area (Å²) < 4.78 is 17.0. The first kappa shape index (κ1) is 19.1. The number of allylic oxidation sites excluding steroid dienone is 1. The number of aliphatic hydroxyl groups is 1. The number of aliphatic imine (C=N–C) groups is 1. The molecule has 2 fully saturated rings. The number of amides is 1. The quantitative estimate of drug-likeness (QED) is 0.473. The van der Waals surface area contributed by atoms with Gasteiger partial charge in [-0.1, -0.05) is 11.6 Å². The predicted octanol–water partition coefficient (Wildman–Crippen LogP) is 2.88. The summed E-state index contributed by atoms with van der Waals surface area (Å²) in [5.41, 5.74) is -0.238. The van der Waals surface area contributed by atoms with Gasteiger partial charge in [-0.3, -0.25) is 0 Å². The second-order valence-electron chi connectivity index (χ2n) is 7.46. The van der Waals surface area contributed by atoms with Gasteiger partial charge in [0.05, 0.1) is 11.7 Å². The van der Waals surface area contributed by atoms with Gasteiger partial charge in [0.1, 0.15) is 17.8 Å². The molecule has 6 nitrogen and oxygen atoms in total. The van der Waals surface area contributed by atoms with E-state index in [1.165, 1.54) is 5.57 Å². The van der Waals surface area contributed by atoms with Gasteiger partial charge in [0.2, 0.25) is 0 Å². The van der Waals surface area contributed by atoms with Crippen molar-refractivity contribution in [2.45, 2.75) is 76.5 Å². The van der Waals surface area contributed by atoms with Crippen LogP contribution in [-0.2, 0) is 14.2 Å². The fourth-order valence-electron chi connectivity index (χ4n) is 4.02. The molecule has 2 rings (SSSR count). The van der Waals surface area contributed by atoms with Gasteiger partial charge in [-0.15, -0.1) is 0 Å². The zero-order valence-corrected chi connectivity index (χ0v) is 15.2. The van der Waals surface area contributed by atoms with Crippen LogP contribution in [-0.4, -0.2) is 54.5 Å². The molecule has 0 bridgehead atoms. The van der Waals surface area contributed by atoms with Crippen molar-refractivity contribution in [3.63, 3.8) is 0 Å². The monoisotopic (exact) mass is 339 g/mol. The molecule has 0 radical (unpaired) electrons. The zero-order valence-electron chi connectivity index (χ0n) is 15.2. The number of carbonyl (C=O) groups is 1. The smallest absolute Gasteiger partial charge is 0.433 e. The number of epoxide rings is 1. The maximum atomic E-state index is 11.5. The van der Waals surface area contributed by atoms with E-state index < -0.39 is 29.5 Å². The summed E-state index contributed by atoms with van der Waals surface area (Å²) in [5, 5.41) is 11.0. The van der Waals surface area contributed by atoms with Gasteiger partial charge in [0.15, 0.2) is 0 Å². The number of rotatable bonds is 5. The Kier molecular flexibility index (Phi) is 5.52. The van der Waals surface area contributed by atoms with Crippen LogP contribution >= 0.6 is 0 Å². The van der Waals surface area contributed by atoms with Gasteiger partial charge < -0.3 is 19.3 Å². The first-order valence-electron chi connectivity index (χ1n) is 8.39. The van der Waals surface area contributed by atoms with Crippen molar-refractivity contribution in [3.8, 4) is 0 Å². The van der Waals surface area contributed by atoms with E-state index in [4.69, 9.17) is 14.2 Å². The van der Waals surface area contributed by atoms with E-state index >= 15 is 0 Å². The minimum atomic E-state index is -0.959. The number of hydrogen-bond acceptors (Lipinski definition) is 5. The van der Waals surface area contributed by atoms with E-state index in [0.717, 1.165) is 6.42 Å². The molecule has 1 heterocycles. The summed E-state index contributed by atoms with van der Waals surface area (Å²) in [6, 6.07) is 0. The Labute approximate surface area is 143 Å². The lowest BCUT2D eigenvalue weighted by atomic mass is 9.66. The van der Waals surface area contributed by atoms with Crippen LogP contribution in [0.2, 0.25) is 0 Å².